The molecule has 2 heterocycles. The third kappa shape index (κ3) is 3.58. The van der Waals surface area contributed by atoms with Crippen molar-refractivity contribution in [3.63, 3.8) is 0 Å². The van der Waals surface area contributed by atoms with E-state index in [-0.39, 0.29) is 5.91 Å². The molecule has 0 spiro atoms. The van der Waals surface area contributed by atoms with Gasteiger partial charge in [0.15, 0.2) is 0 Å². The largest absolute Gasteiger partial charge is 0.356 e. The number of nitrogens with one attached hydrogen (secondary N) is 1. The van der Waals surface area contributed by atoms with Gasteiger partial charge in [0.1, 0.15) is 0 Å². The minimum absolute atomic E-state index is 0.226. The number of carbonyl (C=O) groups is 1. The summed E-state index contributed by atoms with van der Waals surface area (Å²) in [5.74, 6) is 1.95. The minimum Gasteiger partial charge on any atom is -0.356 e. The predicted molar refractivity (Wildman–Crippen MR) is 90.3 cm³/mol. The average molecular weight is 298 g/mol. The van der Waals surface area contributed by atoms with Gasteiger partial charge in [-0.15, -0.1) is 0 Å². The molecular formula is C19H26N2O. The quantitative estimate of drug-likeness (QED) is 0.927. The first-order chi connectivity index (χ1) is 10.6. The molecule has 3 rings (SSSR count). The van der Waals surface area contributed by atoms with Crippen molar-refractivity contribution in [1.29, 1.82) is 0 Å². The third-order valence-corrected chi connectivity index (χ3v) is 4.73. The van der Waals surface area contributed by atoms with Crippen LogP contribution < -0.4 is 5.32 Å². The molecule has 1 N–H and O–H groups in total. The Bertz CT molecular complexity index is 550. The van der Waals surface area contributed by atoms with Crippen LogP contribution in [0, 0.1) is 17.8 Å². The molecule has 0 aliphatic carbocycles. The van der Waals surface area contributed by atoms with E-state index in [0.29, 0.717) is 24.2 Å². The van der Waals surface area contributed by atoms with Gasteiger partial charge in [-0.05, 0) is 28.9 Å². The summed E-state index contributed by atoms with van der Waals surface area (Å²) in [5.41, 5.74) is 2.73. The van der Waals surface area contributed by atoms with Crippen molar-refractivity contribution in [3.05, 3.63) is 42.0 Å². The van der Waals surface area contributed by atoms with Gasteiger partial charge < -0.3 is 5.32 Å². The molecule has 3 nitrogen and oxygen atoms in total. The molecular weight excluding hydrogens is 272 g/mol. The topological polar surface area (TPSA) is 32.3 Å². The zero-order valence-electron chi connectivity index (χ0n) is 13.6. The zero-order chi connectivity index (χ0) is 15.5. The Morgan fingerprint density at radius 2 is 2.00 bits per heavy atom. The number of allylic oxidation sites excluding steroid dienone is 1. The lowest BCUT2D eigenvalue weighted by Crippen LogP contribution is -2.39. The van der Waals surface area contributed by atoms with Crippen molar-refractivity contribution >= 4 is 11.5 Å². The van der Waals surface area contributed by atoms with Crippen molar-refractivity contribution in [1.82, 2.24) is 10.2 Å². The molecule has 1 amide bonds. The number of amides is 1. The molecule has 3 heteroatoms. The SMILES string of the molecule is CC(C)/C=C(\CN1C[C@H]2CC(=O)NC[C@H]2C1)c1ccccc1. The highest BCUT2D eigenvalue weighted by Crippen LogP contribution is 2.30. The highest BCUT2D eigenvalue weighted by molar-refractivity contribution is 5.77. The predicted octanol–water partition coefficient (Wildman–Crippen LogP) is 2.79. The Labute approximate surface area is 133 Å². The second-order valence-corrected chi connectivity index (χ2v) is 7.02. The highest BCUT2D eigenvalue weighted by Gasteiger charge is 2.37. The number of hydrogen-bond acceptors (Lipinski definition) is 2. The number of carbonyl (C=O) groups excluding carboxylic acids is 1. The molecule has 0 aromatic heterocycles. The number of benzene rings is 1. The smallest absolute Gasteiger partial charge is 0.220 e. The van der Waals surface area contributed by atoms with Crippen molar-refractivity contribution in [2.45, 2.75) is 20.3 Å². The van der Waals surface area contributed by atoms with Crippen molar-refractivity contribution in [2.24, 2.45) is 17.8 Å². The zero-order valence-corrected chi connectivity index (χ0v) is 13.6. The van der Waals surface area contributed by atoms with Crippen molar-refractivity contribution < 1.29 is 4.79 Å². The molecule has 2 saturated heterocycles. The van der Waals surface area contributed by atoms with E-state index < -0.39 is 0 Å². The second kappa shape index (κ2) is 6.66. The maximum atomic E-state index is 11.6. The lowest BCUT2D eigenvalue weighted by atomic mass is 9.89. The number of fused-ring (bicyclic) bond motifs is 1. The highest BCUT2D eigenvalue weighted by atomic mass is 16.1. The molecule has 0 unspecified atom stereocenters. The summed E-state index contributed by atoms with van der Waals surface area (Å²) in [5, 5.41) is 3.01. The lowest BCUT2D eigenvalue weighted by Gasteiger charge is -2.23. The molecule has 1 aromatic rings. The summed E-state index contributed by atoms with van der Waals surface area (Å²) >= 11 is 0. The Kier molecular flexibility index (Phi) is 4.63. The Hall–Kier alpha value is -1.61. The first-order valence-electron chi connectivity index (χ1n) is 8.37. The van der Waals surface area contributed by atoms with Gasteiger partial charge >= 0.3 is 0 Å². The van der Waals surface area contributed by atoms with E-state index >= 15 is 0 Å². The molecule has 2 atom stereocenters. The lowest BCUT2D eigenvalue weighted by molar-refractivity contribution is -0.124. The minimum atomic E-state index is 0.226. The molecule has 2 fully saturated rings. The van der Waals surface area contributed by atoms with Crippen LogP contribution in [-0.2, 0) is 4.79 Å². The van der Waals surface area contributed by atoms with Gasteiger partial charge in [-0.25, -0.2) is 0 Å². The average Bonchev–Trinajstić information content (AvgIpc) is 2.88. The van der Waals surface area contributed by atoms with E-state index in [4.69, 9.17) is 0 Å². The molecule has 2 aliphatic heterocycles. The summed E-state index contributed by atoms with van der Waals surface area (Å²) in [4.78, 5) is 14.1. The first kappa shape index (κ1) is 15.3. The molecule has 0 saturated carbocycles. The van der Waals surface area contributed by atoms with Crippen molar-refractivity contribution in [2.75, 3.05) is 26.2 Å². The number of piperidine rings is 1. The number of rotatable bonds is 4. The van der Waals surface area contributed by atoms with Gasteiger partial charge in [0.05, 0.1) is 0 Å². The first-order valence-corrected chi connectivity index (χ1v) is 8.37. The van der Waals surface area contributed by atoms with Crippen LogP contribution in [0.1, 0.15) is 25.8 Å². The van der Waals surface area contributed by atoms with E-state index in [1.54, 1.807) is 0 Å². The fourth-order valence-electron chi connectivity index (χ4n) is 3.72. The third-order valence-electron chi connectivity index (χ3n) is 4.73. The van der Waals surface area contributed by atoms with E-state index in [9.17, 15) is 4.79 Å². The summed E-state index contributed by atoms with van der Waals surface area (Å²) in [6, 6.07) is 10.7. The van der Waals surface area contributed by atoms with Crippen LogP contribution in [0.2, 0.25) is 0 Å². The van der Waals surface area contributed by atoms with Gasteiger partial charge in [0.2, 0.25) is 5.91 Å². The monoisotopic (exact) mass is 298 g/mol. The van der Waals surface area contributed by atoms with Gasteiger partial charge in [-0.1, -0.05) is 50.3 Å². The molecule has 22 heavy (non-hydrogen) atoms. The second-order valence-electron chi connectivity index (χ2n) is 7.02. The fraction of sp³-hybridized carbons (Fsp3) is 0.526. The number of nitrogens with zero attached hydrogens (tertiary/aromatic N) is 1. The Morgan fingerprint density at radius 3 is 2.73 bits per heavy atom. The van der Waals surface area contributed by atoms with Gasteiger partial charge in [0.25, 0.3) is 0 Å². The van der Waals surface area contributed by atoms with Gasteiger partial charge in [-0.3, -0.25) is 9.69 Å². The standard InChI is InChI=1S/C19H26N2O/c1-14(2)8-16(15-6-4-3-5-7-15)11-21-12-17-9-19(22)20-10-18(17)13-21/h3-8,14,17-18H,9-13H2,1-2H3,(H,20,22)/b16-8+/t17-,18+/m1/s1. The van der Waals surface area contributed by atoms with Crippen LogP contribution in [0.3, 0.4) is 0 Å². The van der Waals surface area contributed by atoms with E-state index in [1.807, 2.05) is 0 Å². The molecule has 1 aromatic carbocycles. The Morgan fingerprint density at radius 1 is 1.27 bits per heavy atom. The molecule has 118 valence electrons. The van der Waals surface area contributed by atoms with Gasteiger partial charge in [-0.2, -0.15) is 0 Å². The van der Waals surface area contributed by atoms with Crippen LogP contribution in [0.25, 0.3) is 5.57 Å². The van der Waals surface area contributed by atoms with Crippen LogP contribution in [-0.4, -0.2) is 37.0 Å². The van der Waals surface area contributed by atoms with Crippen LogP contribution >= 0.6 is 0 Å². The van der Waals surface area contributed by atoms with Gasteiger partial charge in [0, 0.05) is 32.6 Å². The molecule has 0 bridgehead atoms. The number of hydrogen-bond donors (Lipinski definition) is 1. The summed E-state index contributed by atoms with van der Waals surface area (Å²) < 4.78 is 0. The molecule has 2 aliphatic rings. The van der Waals surface area contributed by atoms with Crippen LogP contribution in [0.5, 0.6) is 0 Å². The van der Waals surface area contributed by atoms with Crippen molar-refractivity contribution in [3.8, 4) is 0 Å². The van der Waals surface area contributed by atoms with E-state index in [1.165, 1.54) is 11.1 Å². The number of likely N-dealkylation sites (tertiary alicyclic amines) is 1. The maximum absolute atomic E-state index is 11.6. The maximum Gasteiger partial charge on any atom is 0.220 e. The normalized spacial score (nSPS) is 26.1. The van der Waals surface area contributed by atoms with Crippen LogP contribution in [0.15, 0.2) is 36.4 Å². The van der Waals surface area contributed by atoms with E-state index in [2.05, 4.69) is 60.5 Å². The summed E-state index contributed by atoms with van der Waals surface area (Å²) in [6.07, 6.45) is 3.08. The molecule has 0 radical (unpaired) electrons. The van der Waals surface area contributed by atoms with E-state index in [0.717, 1.165) is 26.2 Å². The fourth-order valence-corrected chi connectivity index (χ4v) is 3.72. The Balaban J connectivity index is 1.71. The summed E-state index contributed by atoms with van der Waals surface area (Å²) in [6.45, 7) is 8.47. The van der Waals surface area contributed by atoms with Crippen LogP contribution in [0.4, 0.5) is 0 Å². The summed E-state index contributed by atoms with van der Waals surface area (Å²) in [7, 11) is 0.